The van der Waals surface area contributed by atoms with Crippen LogP contribution in [-0.4, -0.2) is 22.8 Å². The van der Waals surface area contributed by atoms with Gasteiger partial charge in [-0.25, -0.2) is 0 Å². The molecule has 0 spiro atoms. The highest BCUT2D eigenvalue weighted by Gasteiger charge is 2.31. The van der Waals surface area contributed by atoms with Gasteiger partial charge in [0, 0.05) is 29.8 Å². The number of thioether (sulfide) groups is 1. The van der Waals surface area contributed by atoms with Gasteiger partial charge in [0.1, 0.15) is 0 Å². The maximum absolute atomic E-state index is 11.8. The van der Waals surface area contributed by atoms with Crippen molar-refractivity contribution in [2.75, 3.05) is 7.05 Å². The Labute approximate surface area is 141 Å². The normalized spacial score (nSPS) is 10.2. The molecule has 1 N–H and O–H groups in total. The monoisotopic (exact) mass is 347 g/mol. The number of nitrogens with zero attached hydrogens (tertiary/aromatic N) is 2. The second-order valence-corrected chi connectivity index (χ2v) is 5.75. The lowest BCUT2D eigenvalue weighted by molar-refractivity contribution is -0.394. The second-order valence-electron chi connectivity index (χ2n) is 4.70. The van der Waals surface area contributed by atoms with Crippen LogP contribution >= 0.6 is 11.8 Å². The lowest BCUT2D eigenvalue weighted by Crippen LogP contribution is -2.20. The van der Waals surface area contributed by atoms with Gasteiger partial charge in [0.25, 0.3) is 17.3 Å². The lowest BCUT2D eigenvalue weighted by atomic mass is 10.1. The molecule has 2 rings (SSSR count). The van der Waals surface area contributed by atoms with Crippen LogP contribution in [0.5, 0.6) is 0 Å². The number of benzene rings is 2. The van der Waals surface area contributed by atoms with Crippen molar-refractivity contribution in [3.05, 3.63) is 73.8 Å². The van der Waals surface area contributed by atoms with Gasteiger partial charge in [-0.1, -0.05) is 30.3 Å². The van der Waals surface area contributed by atoms with E-state index in [0.717, 1.165) is 5.56 Å². The van der Waals surface area contributed by atoms with Crippen molar-refractivity contribution >= 4 is 29.0 Å². The van der Waals surface area contributed by atoms with Crippen molar-refractivity contribution in [1.29, 1.82) is 0 Å². The summed E-state index contributed by atoms with van der Waals surface area (Å²) >= 11 is 1.22. The molecule has 0 bridgehead atoms. The fourth-order valence-electron chi connectivity index (χ4n) is 2.06. The molecule has 0 aliphatic carbocycles. The van der Waals surface area contributed by atoms with E-state index in [9.17, 15) is 25.0 Å². The van der Waals surface area contributed by atoms with Crippen LogP contribution in [0.25, 0.3) is 0 Å². The molecule has 8 nitrogen and oxygen atoms in total. The Morgan fingerprint density at radius 1 is 1.08 bits per heavy atom. The predicted octanol–water partition coefficient (Wildman–Crippen LogP) is 3.15. The molecule has 0 saturated carbocycles. The van der Waals surface area contributed by atoms with Crippen LogP contribution in [0.1, 0.15) is 15.9 Å². The third-order valence-corrected chi connectivity index (χ3v) is 4.21. The summed E-state index contributed by atoms with van der Waals surface area (Å²) in [6, 6.07) is 11.7. The maximum Gasteiger partial charge on any atom is 0.290 e. The van der Waals surface area contributed by atoms with Crippen molar-refractivity contribution in [2.24, 2.45) is 0 Å². The molecule has 1 amide bonds. The fraction of sp³-hybridized carbons (Fsp3) is 0.133. The van der Waals surface area contributed by atoms with Gasteiger partial charge in [0.2, 0.25) is 0 Å². The third kappa shape index (κ3) is 3.87. The van der Waals surface area contributed by atoms with Crippen LogP contribution in [0.15, 0.2) is 47.4 Å². The third-order valence-electron chi connectivity index (χ3n) is 3.17. The Kier molecular flexibility index (Phi) is 5.48. The quantitative estimate of drug-likeness (QED) is 0.487. The van der Waals surface area contributed by atoms with Gasteiger partial charge in [0.15, 0.2) is 5.56 Å². The van der Waals surface area contributed by atoms with Gasteiger partial charge >= 0.3 is 0 Å². The first-order chi connectivity index (χ1) is 11.4. The van der Waals surface area contributed by atoms with Crippen LogP contribution in [0.2, 0.25) is 0 Å². The van der Waals surface area contributed by atoms with Gasteiger partial charge < -0.3 is 5.32 Å². The summed E-state index contributed by atoms with van der Waals surface area (Å²) in [7, 11) is 1.26. The first kappa shape index (κ1) is 17.4. The van der Waals surface area contributed by atoms with E-state index in [1.54, 1.807) is 0 Å². The van der Waals surface area contributed by atoms with E-state index in [0.29, 0.717) is 10.6 Å². The van der Waals surface area contributed by atoms with Gasteiger partial charge in [-0.2, -0.15) is 0 Å². The molecule has 0 saturated heterocycles. The zero-order valence-corrected chi connectivity index (χ0v) is 13.4. The van der Waals surface area contributed by atoms with E-state index < -0.39 is 32.7 Å². The molecule has 0 atom stereocenters. The number of hydrogen-bond donors (Lipinski definition) is 1. The summed E-state index contributed by atoms with van der Waals surface area (Å²) in [6.45, 7) is 0. The highest BCUT2D eigenvalue weighted by atomic mass is 32.2. The average Bonchev–Trinajstić information content (AvgIpc) is 2.59. The standard InChI is InChI=1S/C15H13N3O5S/c1-16-15(19)14-12(17(20)21)7-11(8-13(14)18(22)23)24-9-10-5-3-2-4-6-10/h2-8H,9H2,1H3,(H,16,19). The smallest absolute Gasteiger partial charge is 0.290 e. The van der Waals surface area contributed by atoms with Crippen LogP contribution in [0.3, 0.4) is 0 Å². The van der Waals surface area contributed by atoms with Crippen LogP contribution in [-0.2, 0) is 5.75 Å². The predicted molar refractivity (Wildman–Crippen MR) is 89.1 cm³/mol. The number of carbonyl (C=O) groups excluding carboxylic acids is 1. The summed E-state index contributed by atoms with van der Waals surface area (Å²) in [4.78, 5) is 33.1. The molecule has 0 unspecified atom stereocenters. The minimum Gasteiger partial charge on any atom is -0.355 e. The summed E-state index contributed by atoms with van der Waals surface area (Å²) < 4.78 is 0. The molecule has 2 aromatic carbocycles. The molecule has 0 aliphatic rings. The minimum atomic E-state index is -0.868. The molecule has 0 heterocycles. The number of nitro benzene ring substituents is 2. The molecule has 9 heteroatoms. The molecular formula is C15H13N3O5S. The Morgan fingerprint density at radius 2 is 1.62 bits per heavy atom. The van der Waals surface area contributed by atoms with Gasteiger partial charge in [-0.05, 0) is 5.56 Å². The largest absolute Gasteiger partial charge is 0.355 e. The molecular weight excluding hydrogens is 334 g/mol. The Hall–Kier alpha value is -2.94. The summed E-state index contributed by atoms with van der Waals surface area (Å²) in [6.07, 6.45) is 0. The first-order valence-electron chi connectivity index (χ1n) is 6.79. The number of carbonyl (C=O) groups is 1. The highest BCUT2D eigenvalue weighted by molar-refractivity contribution is 7.98. The van der Waals surface area contributed by atoms with E-state index in [1.165, 1.54) is 30.9 Å². The van der Waals surface area contributed by atoms with Crippen molar-refractivity contribution in [2.45, 2.75) is 10.6 Å². The van der Waals surface area contributed by atoms with E-state index in [-0.39, 0.29) is 0 Å². The molecule has 0 fully saturated rings. The van der Waals surface area contributed by atoms with E-state index in [2.05, 4.69) is 5.32 Å². The molecule has 0 aliphatic heterocycles. The zero-order chi connectivity index (χ0) is 17.7. The minimum absolute atomic E-state index is 0.352. The lowest BCUT2D eigenvalue weighted by Gasteiger charge is -2.07. The molecule has 124 valence electrons. The number of amides is 1. The van der Waals surface area contributed by atoms with Crippen LogP contribution < -0.4 is 5.32 Å². The Morgan fingerprint density at radius 3 is 2.08 bits per heavy atom. The van der Waals surface area contributed by atoms with Crippen LogP contribution in [0.4, 0.5) is 11.4 Å². The van der Waals surface area contributed by atoms with E-state index >= 15 is 0 Å². The molecule has 0 radical (unpaired) electrons. The number of nitrogens with one attached hydrogen (secondary N) is 1. The second kappa shape index (κ2) is 7.55. The number of nitro groups is 2. The topological polar surface area (TPSA) is 115 Å². The summed E-state index contributed by atoms with van der Waals surface area (Å²) in [5.41, 5.74) is -0.738. The van der Waals surface area contributed by atoms with Gasteiger partial charge in [-0.15, -0.1) is 11.8 Å². The van der Waals surface area contributed by atoms with Crippen molar-refractivity contribution in [1.82, 2.24) is 5.32 Å². The van der Waals surface area contributed by atoms with E-state index in [1.807, 2.05) is 30.3 Å². The average molecular weight is 347 g/mol. The zero-order valence-electron chi connectivity index (χ0n) is 12.6. The van der Waals surface area contributed by atoms with Gasteiger partial charge in [-0.3, -0.25) is 25.0 Å². The maximum atomic E-state index is 11.8. The number of hydrogen-bond acceptors (Lipinski definition) is 6. The van der Waals surface area contributed by atoms with E-state index in [4.69, 9.17) is 0 Å². The van der Waals surface area contributed by atoms with Gasteiger partial charge in [0.05, 0.1) is 9.85 Å². The Balaban J connectivity index is 2.45. The molecule has 0 aromatic heterocycles. The van der Waals surface area contributed by atoms with Crippen LogP contribution in [0, 0.1) is 20.2 Å². The molecule has 24 heavy (non-hydrogen) atoms. The first-order valence-corrected chi connectivity index (χ1v) is 7.78. The molecule has 2 aromatic rings. The summed E-state index contributed by atoms with van der Waals surface area (Å²) in [5.74, 6) is -0.373. The Bertz CT molecular complexity index is 760. The van der Waals surface area contributed by atoms with Crippen molar-refractivity contribution < 1.29 is 14.6 Å². The summed E-state index contributed by atoms with van der Waals surface area (Å²) in [5, 5.41) is 24.7. The van der Waals surface area contributed by atoms with Crippen molar-refractivity contribution in [3.8, 4) is 0 Å². The highest BCUT2D eigenvalue weighted by Crippen LogP contribution is 2.35. The fourth-order valence-corrected chi connectivity index (χ4v) is 2.97. The number of rotatable bonds is 6. The van der Waals surface area contributed by atoms with Crippen molar-refractivity contribution in [3.63, 3.8) is 0 Å². The SMILES string of the molecule is CNC(=O)c1c([N+](=O)[O-])cc(SCc2ccccc2)cc1[N+](=O)[O-].